The topological polar surface area (TPSA) is 83.3 Å². The number of nitrogens with zero attached hydrogens (tertiary/aromatic N) is 2. The van der Waals surface area contributed by atoms with Gasteiger partial charge in [0.1, 0.15) is 11.5 Å². The highest BCUT2D eigenvalue weighted by Crippen LogP contribution is 2.26. The number of hydrogen-bond acceptors (Lipinski definition) is 6. The van der Waals surface area contributed by atoms with Crippen molar-refractivity contribution in [2.45, 2.75) is 6.36 Å². The largest absolute Gasteiger partial charge is 0.573 e. The maximum atomic E-state index is 12.1. The summed E-state index contributed by atoms with van der Waals surface area (Å²) in [4.78, 5) is 10.9. The summed E-state index contributed by atoms with van der Waals surface area (Å²) in [5, 5.41) is 19.5. The van der Waals surface area contributed by atoms with E-state index in [-0.39, 0.29) is 28.1 Å². The standard InChI is InChI=1S/C11H8F3N3O3S/c12-11(13,14)20-7-1-2-8(18)6(3-7)4-15-17-10-16-9(19)5-21-10/h1-4,18H,5H2,(H,16,17,19). The minimum atomic E-state index is -4.82. The van der Waals surface area contributed by atoms with Gasteiger partial charge < -0.3 is 15.2 Å². The Hall–Kier alpha value is -2.23. The van der Waals surface area contributed by atoms with Crippen molar-refractivity contribution in [1.82, 2.24) is 5.32 Å². The Morgan fingerprint density at radius 2 is 2.19 bits per heavy atom. The predicted octanol–water partition coefficient (Wildman–Crippen LogP) is 1.84. The van der Waals surface area contributed by atoms with Gasteiger partial charge >= 0.3 is 6.36 Å². The Balaban J connectivity index is 2.12. The molecule has 0 spiro atoms. The van der Waals surface area contributed by atoms with E-state index in [4.69, 9.17) is 0 Å². The molecule has 0 aromatic heterocycles. The summed E-state index contributed by atoms with van der Waals surface area (Å²) in [6.07, 6.45) is -3.77. The molecule has 1 aromatic rings. The van der Waals surface area contributed by atoms with Gasteiger partial charge in [-0.25, -0.2) is 0 Å². The van der Waals surface area contributed by atoms with Gasteiger partial charge in [-0.15, -0.1) is 18.3 Å². The quantitative estimate of drug-likeness (QED) is 0.658. The van der Waals surface area contributed by atoms with E-state index in [0.717, 1.165) is 36.2 Å². The molecule has 1 heterocycles. The lowest BCUT2D eigenvalue weighted by Gasteiger charge is -2.09. The lowest BCUT2D eigenvalue weighted by atomic mass is 10.2. The van der Waals surface area contributed by atoms with Crippen LogP contribution >= 0.6 is 11.8 Å². The van der Waals surface area contributed by atoms with Crippen molar-refractivity contribution in [3.05, 3.63) is 23.8 Å². The molecule has 0 saturated carbocycles. The SMILES string of the molecule is O=C1CSC(=NN=Cc2cc(OC(F)(F)F)ccc2O)N1. The molecule has 10 heteroatoms. The number of amidine groups is 1. The van der Waals surface area contributed by atoms with Crippen molar-refractivity contribution in [3.63, 3.8) is 0 Å². The molecule has 1 amide bonds. The number of aromatic hydroxyl groups is 1. The normalized spacial score (nSPS) is 17.5. The first-order valence-corrected chi connectivity index (χ1v) is 6.44. The highest BCUT2D eigenvalue weighted by Gasteiger charge is 2.31. The zero-order valence-electron chi connectivity index (χ0n) is 10.2. The molecular formula is C11H8F3N3O3S. The van der Waals surface area contributed by atoms with Gasteiger partial charge in [0.15, 0.2) is 5.17 Å². The van der Waals surface area contributed by atoms with Gasteiger partial charge in [-0.2, -0.15) is 5.10 Å². The zero-order valence-corrected chi connectivity index (χ0v) is 11.0. The number of alkyl halides is 3. The fourth-order valence-corrected chi connectivity index (χ4v) is 1.99. The van der Waals surface area contributed by atoms with E-state index in [2.05, 4.69) is 20.3 Å². The Bertz CT molecular complexity index is 616. The van der Waals surface area contributed by atoms with E-state index < -0.39 is 12.1 Å². The van der Waals surface area contributed by atoms with Crippen LogP contribution in [0.4, 0.5) is 13.2 Å². The van der Waals surface area contributed by atoms with Gasteiger partial charge in [0.05, 0.1) is 12.0 Å². The highest BCUT2D eigenvalue weighted by molar-refractivity contribution is 8.15. The molecule has 1 aliphatic rings. The minimum absolute atomic E-state index is 0.00424. The molecule has 0 aliphatic carbocycles. The van der Waals surface area contributed by atoms with Crippen LogP contribution in [-0.4, -0.2) is 34.5 Å². The highest BCUT2D eigenvalue weighted by atomic mass is 32.2. The third-order valence-corrected chi connectivity index (χ3v) is 3.03. The second-order valence-corrected chi connectivity index (χ2v) is 4.72. The van der Waals surface area contributed by atoms with Gasteiger partial charge in [0, 0.05) is 5.56 Å². The van der Waals surface area contributed by atoms with Crippen LogP contribution < -0.4 is 10.1 Å². The number of rotatable bonds is 3. The molecule has 6 nitrogen and oxygen atoms in total. The number of ether oxygens (including phenoxy) is 1. The van der Waals surface area contributed by atoms with E-state index in [9.17, 15) is 23.1 Å². The number of halogens is 3. The van der Waals surface area contributed by atoms with Gasteiger partial charge in [-0.05, 0) is 18.2 Å². The van der Waals surface area contributed by atoms with Crippen LogP contribution in [0.1, 0.15) is 5.56 Å². The summed E-state index contributed by atoms with van der Waals surface area (Å²) in [5.41, 5.74) is -0.00424. The first kappa shape index (κ1) is 15.2. The molecule has 1 saturated heterocycles. The second kappa shape index (κ2) is 6.04. The van der Waals surface area contributed by atoms with Crippen molar-refractivity contribution < 1.29 is 27.8 Å². The Morgan fingerprint density at radius 1 is 1.43 bits per heavy atom. The van der Waals surface area contributed by atoms with E-state index in [1.165, 1.54) is 0 Å². The van der Waals surface area contributed by atoms with Crippen molar-refractivity contribution in [1.29, 1.82) is 0 Å². The molecule has 0 radical (unpaired) electrons. The molecule has 21 heavy (non-hydrogen) atoms. The van der Waals surface area contributed by atoms with Gasteiger partial charge in [0.25, 0.3) is 0 Å². The van der Waals surface area contributed by atoms with Crippen molar-refractivity contribution in [2.75, 3.05) is 5.75 Å². The fourth-order valence-electron chi connectivity index (χ4n) is 1.36. The Labute approximate surface area is 120 Å². The van der Waals surface area contributed by atoms with Crippen LogP contribution in [0.5, 0.6) is 11.5 Å². The number of phenols is 1. The molecule has 1 aromatic carbocycles. The number of phenolic OH excluding ortho intramolecular Hbond substituents is 1. The number of amides is 1. The Morgan fingerprint density at radius 3 is 2.81 bits per heavy atom. The molecule has 1 aliphatic heterocycles. The average molecular weight is 319 g/mol. The van der Waals surface area contributed by atoms with E-state index in [1.54, 1.807) is 0 Å². The predicted molar refractivity (Wildman–Crippen MR) is 70.4 cm³/mol. The maximum absolute atomic E-state index is 12.1. The number of hydrogen-bond donors (Lipinski definition) is 2. The summed E-state index contributed by atoms with van der Waals surface area (Å²) in [5.74, 6) is -0.749. The summed E-state index contributed by atoms with van der Waals surface area (Å²) in [6, 6.07) is 2.98. The second-order valence-electron chi connectivity index (χ2n) is 3.75. The number of thioether (sulfide) groups is 1. The van der Waals surface area contributed by atoms with Crippen molar-refractivity contribution in [3.8, 4) is 11.5 Å². The molecule has 1 fully saturated rings. The van der Waals surface area contributed by atoms with Gasteiger partial charge in [0.2, 0.25) is 5.91 Å². The average Bonchev–Trinajstić information content (AvgIpc) is 2.77. The summed E-state index contributed by atoms with van der Waals surface area (Å²) < 4.78 is 40.0. The monoisotopic (exact) mass is 319 g/mol. The molecular weight excluding hydrogens is 311 g/mol. The minimum Gasteiger partial charge on any atom is -0.507 e. The van der Waals surface area contributed by atoms with Gasteiger partial charge in [-0.1, -0.05) is 11.8 Å². The number of carbonyl (C=O) groups excluding carboxylic acids is 1. The summed E-state index contributed by atoms with van der Waals surface area (Å²) >= 11 is 1.14. The first-order chi connectivity index (χ1) is 9.83. The van der Waals surface area contributed by atoms with Crippen LogP contribution in [0.2, 0.25) is 0 Å². The van der Waals surface area contributed by atoms with E-state index >= 15 is 0 Å². The molecule has 0 bridgehead atoms. The first-order valence-electron chi connectivity index (χ1n) is 5.46. The van der Waals surface area contributed by atoms with Crippen molar-refractivity contribution >= 4 is 29.1 Å². The molecule has 2 N–H and O–H groups in total. The van der Waals surface area contributed by atoms with Crippen LogP contribution in [-0.2, 0) is 4.79 Å². The maximum Gasteiger partial charge on any atom is 0.573 e. The van der Waals surface area contributed by atoms with Crippen LogP contribution in [0.25, 0.3) is 0 Å². The van der Waals surface area contributed by atoms with Crippen LogP contribution in [0.15, 0.2) is 28.4 Å². The number of benzene rings is 1. The third-order valence-electron chi connectivity index (χ3n) is 2.16. The lowest BCUT2D eigenvalue weighted by Crippen LogP contribution is -2.19. The molecule has 2 rings (SSSR count). The molecule has 112 valence electrons. The summed E-state index contributed by atoms with van der Waals surface area (Å²) in [7, 11) is 0. The number of carbonyl (C=O) groups is 1. The van der Waals surface area contributed by atoms with Crippen molar-refractivity contribution in [2.24, 2.45) is 10.2 Å². The van der Waals surface area contributed by atoms with E-state index in [1.807, 2.05) is 0 Å². The molecule has 0 atom stereocenters. The Kier molecular flexibility index (Phi) is 4.36. The summed E-state index contributed by atoms with van der Waals surface area (Å²) in [6.45, 7) is 0. The van der Waals surface area contributed by atoms with Crippen LogP contribution in [0.3, 0.4) is 0 Å². The number of nitrogens with one attached hydrogen (secondary N) is 1. The third kappa shape index (κ3) is 4.67. The fraction of sp³-hybridized carbons (Fsp3) is 0.182. The smallest absolute Gasteiger partial charge is 0.507 e. The van der Waals surface area contributed by atoms with Crippen LogP contribution in [0, 0.1) is 0 Å². The zero-order chi connectivity index (χ0) is 15.5. The van der Waals surface area contributed by atoms with Gasteiger partial charge in [-0.3, -0.25) is 4.79 Å². The molecule has 0 unspecified atom stereocenters. The van der Waals surface area contributed by atoms with E-state index in [0.29, 0.717) is 0 Å². The lowest BCUT2D eigenvalue weighted by molar-refractivity contribution is -0.274.